The van der Waals surface area contributed by atoms with Gasteiger partial charge in [-0.2, -0.15) is 0 Å². The van der Waals surface area contributed by atoms with Gasteiger partial charge in [-0.15, -0.1) is 0 Å². The molecular formula is C25H25FN4O5. The average molecular weight is 480 g/mol. The van der Waals surface area contributed by atoms with Gasteiger partial charge in [0, 0.05) is 25.0 Å². The molecule has 0 bridgehead atoms. The molecule has 2 heterocycles. The fraction of sp³-hybridized carbons (Fsp3) is 0.280. The zero-order valence-electron chi connectivity index (χ0n) is 18.8. The van der Waals surface area contributed by atoms with Gasteiger partial charge in [0.1, 0.15) is 11.6 Å². The number of carboxylic acid groups (broad SMARTS) is 1. The van der Waals surface area contributed by atoms with E-state index in [4.69, 9.17) is 0 Å². The van der Waals surface area contributed by atoms with Crippen LogP contribution in [-0.4, -0.2) is 49.7 Å². The van der Waals surface area contributed by atoms with Crippen LogP contribution in [-0.2, 0) is 13.0 Å². The predicted molar refractivity (Wildman–Crippen MR) is 125 cm³/mol. The number of aromatic amines is 1. The number of nitrogens with zero attached hydrogens (tertiary/aromatic N) is 2. The molecule has 2 unspecified atom stereocenters. The lowest BCUT2D eigenvalue weighted by Gasteiger charge is -2.39. The molecule has 3 aromatic rings. The van der Waals surface area contributed by atoms with Crippen molar-refractivity contribution in [3.63, 3.8) is 0 Å². The molecule has 1 aromatic heterocycles. The number of nitrogens with one attached hydrogen (secondary N) is 2. The number of piperidine rings is 1. The molecule has 0 spiro atoms. The molecule has 1 aliphatic heterocycles. The molecule has 35 heavy (non-hydrogen) atoms. The summed E-state index contributed by atoms with van der Waals surface area (Å²) >= 11 is 0. The number of aromatic nitrogens is 2. The molecule has 0 aliphatic carbocycles. The molecule has 4 N–H and O–H groups in total. The van der Waals surface area contributed by atoms with Crippen molar-refractivity contribution in [2.24, 2.45) is 0 Å². The Bertz CT molecular complexity index is 1260. The van der Waals surface area contributed by atoms with Crippen LogP contribution in [0.3, 0.4) is 0 Å². The Morgan fingerprint density at radius 1 is 1.11 bits per heavy atom. The van der Waals surface area contributed by atoms with Gasteiger partial charge >= 0.3 is 6.09 Å². The van der Waals surface area contributed by atoms with Gasteiger partial charge in [0.25, 0.3) is 11.5 Å². The highest BCUT2D eigenvalue weighted by atomic mass is 19.1. The van der Waals surface area contributed by atoms with E-state index in [1.54, 1.807) is 0 Å². The number of H-pyrrole nitrogens is 1. The summed E-state index contributed by atoms with van der Waals surface area (Å²) in [4.78, 5) is 45.4. The van der Waals surface area contributed by atoms with Crippen molar-refractivity contribution in [1.29, 1.82) is 0 Å². The second-order valence-electron chi connectivity index (χ2n) is 8.44. The fourth-order valence-electron chi connectivity index (χ4n) is 4.41. The molecule has 2 atom stereocenters. The second-order valence-corrected chi connectivity index (χ2v) is 8.44. The number of halogens is 1. The summed E-state index contributed by atoms with van der Waals surface area (Å²) in [6.07, 6.45) is 0.424. The average Bonchev–Trinajstić information content (AvgIpc) is 2.85. The first kappa shape index (κ1) is 23.9. The van der Waals surface area contributed by atoms with E-state index in [-0.39, 0.29) is 12.4 Å². The van der Waals surface area contributed by atoms with E-state index < -0.39 is 46.8 Å². The van der Waals surface area contributed by atoms with Gasteiger partial charge in [0.15, 0.2) is 5.69 Å². The zero-order chi connectivity index (χ0) is 24.9. The maximum absolute atomic E-state index is 13.1. The van der Waals surface area contributed by atoms with Crippen LogP contribution in [0.5, 0.6) is 5.75 Å². The molecule has 0 saturated carbocycles. The maximum Gasteiger partial charge on any atom is 0.407 e. The summed E-state index contributed by atoms with van der Waals surface area (Å²) in [7, 11) is 0. The van der Waals surface area contributed by atoms with E-state index in [9.17, 15) is 29.0 Å². The smallest absolute Gasteiger partial charge is 0.407 e. The molecule has 1 saturated heterocycles. The minimum Gasteiger partial charge on any atom is -0.501 e. The molecular weight excluding hydrogens is 455 g/mol. The molecule has 2 amide bonds. The first-order valence-corrected chi connectivity index (χ1v) is 11.2. The third kappa shape index (κ3) is 5.48. The van der Waals surface area contributed by atoms with Crippen molar-refractivity contribution in [3.05, 3.63) is 93.4 Å². The van der Waals surface area contributed by atoms with Gasteiger partial charge in [-0.25, -0.2) is 14.2 Å². The Kier molecular flexibility index (Phi) is 7.09. The van der Waals surface area contributed by atoms with Crippen LogP contribution in [0.15, 0.2) is 59.4 Å². The summed E-state index contributed by atoms with van der Waals surface area (Å²) in [5, 5.41) is 22.6. The lowest BCUT2D eigenvalue weighted by Crippen LogP contribution is -2.48. The first-order chi connectivity index (χ1) is 16.8. The van der Waals surface area contributed by atoms with Crippen molar-refractivity contribution < 1.29 is 24.2 Å². The summed E-state index contributed by atoms with van der Waals surface area (Å²) < 4.78 is 13.1. The van der Waals surface area contributed by atoms with Gasteiger partial charge in [-0.1, -0.05) is 42.5 Å². The van der Waals surface area contributed by atoms with Gasteiger partial charge < -0.3 is 25.4 Å². The zero-order valence-corrected chi connectivity index (χ0v) is 18.8. The summed E-state index contributed by atoms with van der Waals surface area (Å²) in [6, 6.07) is 14.4. The number of rotatable bonds is 6. The lowest BCUT2D eigenvalue weighted by molar-refractivity contribution is 0.0918. The Labute approximate surface area is 200 Å². The Morgan fingerprint density at radius 3 is 2.51 bits per heavy atom. The Balaban J connectivity index is 1.63. The van der Waals surface area contributed by atoms with E-state index >= 15 is 0 Å². The van der Waals surface area contributed by atoms with Crippen molar-refractivity contribution in [2.45, 2.75) is 37.8 Å². The third-order valence-electron chi connectivity index (χ3n) is 6.16. The van der Waals surface area contributed by atoms with Crippen molar-refractivity contribution in [2.75, 3.05) is 6.54 Å². The van der Waals surface area contributed by atoms with Crippen LogP contribution in [0.2, 0.25) is 0 Å². The van der Waals surface area contributed by atoms with E-state index in [2.05, 4.69) is 15.3 Å². The topological polar surface area (TPSA) is 136 Å². The number of amides is 2. The molecule has 4 rings (SSSR count). The van der Waals surface area contributed by atoms with E-state index in [1.165, 1.54) is 29.2 Å². The predicted octanol–water partition coefficient (Wildman–Crippen LogP) is 3.01. The molecule has 1 aliphatic rings. The SMILES string of the molecule is O=C(NCc1ccc(F)cc1)c1nc(C2CCCN(C(=O)O)C2Cc2ccccc2)[nH]c(=O)c1O. The van der Waals surface area contributed by atoms with Crippen LogP contribution in [0.4, 0.5) is 9.18 Å². The lowest BCUT2D eigenvalue weighted by atomic mass is 9.84. The number of carbonyl (C=O) groups is 2. The highest BCUT2D eigenvalue weighted by Crippen LogP contribution is 2.33. The minimum absolute atomic E-state index is 0.0369. The van der Waals surface area contributed by atoms with Gasteiger partial charge in [0.2, 0.25) is 5.75 Å². The Morgan fingerprint density at radius 2 is 1.83 bits per heavy atom. The third-order valence-corrected chi connectivity index (χ3v) is 6.16. The van der Waals surface area contributed by atoms with Gasteiger partial charge in [0.05, 0.1) is 0 Å². The monoisotopic (exact) mass is 480 g/mol. The first-order valence-electron chi connectivity index (χ1n) is 11.2. The van der Waals surface area contributed by atoms with Gasteiger partial charge in [-0.3, -0.25) is 9.59 Å². The van der Waals surface area contributed by atoms with Crippen LogP contribution >= 0.6 is 0 Å². The maximum atomic E-state index is 13.1. The Hall–Kier alpha value is -4.21. The largest absolute Gasteiger partial charge is 0.501 e. The van der Waals surface area contributed by atoms with Crippen molar-refractivity contribution >= 4 is 12.0 Å². The molecule has 9 nitrogen and oxygen atoms in total. The number of hydrogen-bond donors (Lipinski definition) is 4. The number of carbonyl (C=O) groups excluding carboxylic acids is 1. The summed E-state index contributed by atoms with van der Waals surface area (Å²) in [5.74, 6) is -2.35. The number of likely N-dealkylation sites (tertiary alicyclic amines) is 1. The second kappa shape index (κ2) is 10.4. The fourth-order valence-corrected chi connectivity index (χ4v) is 4.41. The summed E-state index contributed by atoms with van der Waals surface area (Å²) in [5.41, 5.74) is 0.218. The molecule has 0 radical (unpaired) electrons. The summed E-state index contributed by atoms with van der Waals surface area (Å²) in [6.45, 7) is 0.381. The molecule has 1 fully saturated rings. The number of benzene rings is 2. The minimum atomic E-state index is -1.07. The van der Waals surface area contributed by atoms with Crippen LogP contribution in [0.1, 0.15) is 46.2 Å². The van der Waals surface area contributed by atoms with Crippen LogP contribution in [0.25, 0.3) is 0 Å². The van der Waals surface area contributed by atoms with Gasteiger partial charge in [-0.05, 0) is 42.5 Å². The number of aromatic hydroxyl groups is 1. The van der Waals surface area contributed by atoms with Crippen molar-refractivity contribution in [3.8, 4) is 5.75 Å². The van der Waals surface area contributed by atoms with Crippen LogP contribution in [0, 0.1) is 5.82 Å². The highest BCUT2D eigenvalue weighted by Gasteiger charge is 2.37. The standard InChI is InChI=1S/C25H25FN4O5/c26-17-10-8-16(9-11-17)14-27-23(32)20-21(31)24(33)29-22(28-20)18-7-4-12-30(25(34)35)19(18)13-15-5-2-1-3-6-15/h1-3,5-6,8-11,18-19,31H,4,7,12-14H2,(H,27,32)(H,34,35)(H,28,29,33). The van der Waals surface area contributed by atoms with Crippen molar-refractivity contribution in [1.82, 2.24) is 20.2 Å². The van der Waals surface area contributed by atoms with E-state index in [0.29, 0.717) is 31.4 Å². The van der Waals surface area contributed by atoms with E-state index in [1.807, 2.05) is 30.3 Å². The van der Waals surface area contributed by atoms with Crippen LogP contribution < -0.4 is 10.9 Å². The highest BCUT2D eigenvalue weighted by molar-refractivity contribution is 5.94. The quantitative estimate of drug-likeness (QED) is 0.428. The molecule has 2 aromatic carbocycles. The molecule has 182 valence electrons. The normalized spacial score (nSPS) is 17.7. The number of hydrogen-bond acceptors (Lipinski definition) is 5. The van der Waals surface area contributed by atoms with E-state index in [0.717, 1.165) is 5.56 Å². The molecule has 10 heteroatoms.